The Morgan fingerprint density at radius 2 is 1.65 bits per heavy atom. The van der Waals surface area contributed by atoms with E-state index in [0.717, 1.165) is 17.7 Å². The number of rotatable bonds is 12. The monoisotopic (exact) mass is 637 g/mol. The molecule has 43 heavy (non-hydrogen) atoms. The highest BCUT2D eigenvalue weighted by molar-refractivity contribution is 7.92. The van der Waals surface area contributed by atoms with Crippen molar-refractivity contribution in [2.45, 2.75) is 57.8 Å². The van der Waals surface area contributed by atoms with Gasteiger partial charge in [0.1, 0.15) is 12.6 Å². The molecule has 1 atom stereocenters. The van der Waals surface area contributed by atoms with Gasteiger partial charge < -0.3 is 10.2 Å². The molecule has 1 N–H and O–H groups in total. The number of sulfonamides is 1. The molecule has 0 saturated heterocycles. The third kappa shape index (κ3) is 8.73. The normalized spacial score (nSPS) is 12.6. The molecule has 0 fully saturated rings. The van der Waals surface area contributed by atoms with Gasteiger partial charge in [0.05, 0.1) is 21.2 Å². The fourth-order valence-electron chi connectivity index (χ4n) is 4.48. The predicted octanol–water partition coefficient (Wildman–Crippen LogP) is 6.44. The molecular weight excluding hydrogens is 603 g/mol. The largest absolute Gasteiger partial charge is 0.417 e. The van der Waals surface area contributed by atoms with E-state index >= 15 is 0 Å². The van der Waals surface area contributed by atoms with Crippen molar-refractivity contribution in [3.8, 4) is 0 Å². The second-order valence-corrected chi connectivity index (χ2v) is 12.8. The number of carbonyl (C=O) groups excluding carboxylic acids is 2. The van der Waals surface area contributed by atoms with Gasteiger partial charge in [-0.05, 0) is 55.2 Å². The number of nitrogens with one attached hydrogen (secondary N) is 1. The Balaban J connectivity index is 2.13. The molecule has 0 saturated carbocycles. The van der Waals surface area contributed by atoms with Crippen molar-refractivity contribution >= 4 is 39.1 Å². The van der Waals surface area contributed by atoms with Crippen molar-refractivity contribution < 1.29 is 31.2 Å². The quantitative estimate of drug-likeness (QED) is 0.248. The van der Waals surface area contributed by atoms with Crippen LogP contribution in [-0.4, -0.2) is 44.3 Å². The van der Waals surface area contributed by atoms with Gasteiger partial charge in [-0.2, -0.15) is 13.2 Å². The molecule has 7 nitrogen and oxygen atoms in total. The number of benzene rings is 3. The van der Waals surface area contributed by atoms with Gasteiger partial charge in [-0.15, -0.1) is 0 Å². The van der Waals surface area contributed by atoms with E-state index in [9.17, 15) is 31.2 Å². The maximum absolute atomic E-state index is 14.1. The van der Waals surface area contributed by atoms with Crippen molar-refractivity contribution in [2.24, 2.45) is 5.92 Å². The van der Waals surface area contributed by atoms with Crippen LogP contribution >= 0.6 is 11.6 Å². The first-order valence-corrected chi connectivity index (χ1v) is 15.5. The van der Waals surface area contributed by atoms with Gasteiger partial charge in [-0.25, -0.2) is 8.42 Å². The highest BCUT2D eigenvalue weighted by atomic mass is 35.5. The highest BCUT2D eigenvalue weighted by Gasteiger charge is 2.37. The van der Waals surface area contributed by atoms with E-state index < -0.39 is 56.9 Å². The number of anilines is 1. The summed E-state index contributed by atoms with van der Waals surface area (Å²) in [6.07, 6.45) is -4.66. The Labute approximate surface area is 255 Å². The Morgan fingerprint density at radius 3 is 2.23 bits per heavy atom. The number of amides is 2. The van der Waals surface area contributed by atoms with Crippen LogP contribution in [0.1, 0.15) is 43.9 Å². The molecule has 0 aliphatic heterocycles. The molecule has 1 unspecified atom stereocenters. The van der Waals surface area contributed by atoms with Crippen molar-refractivity contribution in [2.75, 3.05) is 17.4 Å². The first kappa shape index (κ1) is 33.9. The van der Waals surface area contributed by atoms with Crippen molar-refractivity contribution in [3.63, 3.8) is 0 Å². The van der Waals surface area contributed by atoms with Gasteiger partial charge in [0.15, 0.2) is 0 Å². The summed E-state index contributed by atoms with van der Waals surface area (Å²) in [6, 6.07) is 16.1. The minimum atomic E-state index is -4.88. The highest BCUT2D eigenvalue weighted by Crippen LogP contribution is 2.38. The zero-order valence-corrected chi connectivity index (χ0v) is 25.9. The van der Waals surface area contributed by atoms with Gasteiger partial charge in [-0.1, -0.05) is 80.4 Å². The molecule has 232 valence electrons. The standard InChI is InChI=1S/C31H35ClF3N3O4S/c1-5-28(30(40)36-18-21(2)3)37(19-23-11-9-10-22(4)16-23)29(39)20-38(43(41,42)25-12-7-6-8-13-25)24-14-15-27(32)26(17-24)31(33,34)35/h6-17,21,28H,5,18-20H2,1-4H3,(H,36,40). The fraction of sp³-hybridized carbons (Fsp3) is 0.355. The van der Waals surface area contributed by atoms with Crippen LogP contribution in [0.25, 0.3) is 0 Å². The van der Waals surface area contributed by atoms with Crippen molar-refractivity contribution in [1.82, 2.24) is 10.2 Å². The number of aryl methyl sites for hydroxylation is 1. The Hall–Kier alpha value is -3.57. The van der Waals surface area contributed by atoms with Crippen molar-refractivity contribution in [3.05, 3.63) is 94.5 Å². The third-order valence-electron chi connectivity index (χ3n) is 6.66. The summed E-state index contributed by atoms with van der Waals surface area (Å²) in [5.74, 6) is -1.04. The Morgan fingerprint density at radius 1 is 0.977 bits per heavy atom. The number of hydrogen-bond donors (Lipinski definition) is 1. The average molecular weight is 638 g/mol. The van der Waals surface area contributed by atoms with E-state index in [-0.39, 0.29) is 23.8 Å². The number of hydrogen-bond acceptors (Lipinski definition) is 4. The second-order valence-electron chi connectivity index (χ2n) is 10.6. The van der Waals surface area contributed by atoms with E-state index in [1.54, 1.807) is 25.1 Å². The molecule has 0 heterocycles. The lowest BCUT2D eigenvalue weighted by Gasteiger charge is -2.33. The lowest BCUT2D eigenvalue weighted by Crippen LogP contribution is -2.52. The third-order valence-corrected chi connectivity index (χ3v) is 8.78. The number of nitrogens with zero attached hydrogens (tertiary/aromatic N) is 2. The van der Waals surface area contributed by atoms with Gasteiger partial charge in [0.2, 0.25) is 11.8 Å². The van der Waals surface area contributed by atoms with Crippen LogP contribution in [0.15, 0.2) is 77.7 Å². The summed E-state index contributed by atoms with van der Waals surface area (Å²) in [4.78, 5) is 28.4. The predicted molar refractivity (Wildman–Crippen MR) is 161 cm³/mol. The maximum Gasteiger partial charge on any atom is 0.417 e. The molecule has 3 rings (SSSR count). The minimum Gasteiger partial charge on any atom is -0.354 e. The minimum absolute atomic E-state index is 0.0260. The van der Waals surface area contributed by atoms with E-state index in [1.807, 2.05) is 32.9 Å². The van der Waals surface area contributed by atoms with Crippen LogP contribution in [-0.2, 0) is 32.3 Å². The first-order chi connectivity index (χ1) is 20.1. The van der Waals surface area contributed by atoms with Crippen LogP contribution in [0.5, 0.6) is 0 Å². The van der Waals surface area contributed by atoms with Gasteiger partial charge in [0.25, 0.3) is 10.0 Å². The Bertz CT molecular complexity index is 1530. The molecule has 0 aliphatic rings. The molecule has 0 aliphatic carbocycles. The smallest absolute Gasteiger partial charge is 0.354 e. The van der Waals surface area contributed by atoms with Crippen LogP contribution in [0.4, 0.5) is 18.9 Å². The molecule has 0 radical (unpaired) electrons. The molecule has 2 amide bonds. The summed E-state index contributed by atoms with van der Waals surface area (Å²) in [6.45, 7) is 6.91. The number of alkyl halides is 3. The zero-order chi connectivity index (χ0) is 31.9. The molecule has 3 aromatic carbocycles. The van der Waals surface area contributed by atoms with Crippen LogP contribution in [0, 0.1) is 12.8 Å². The number of carbonyl (C=O) groups is 2. The molecular formula is C31H35ClF3N3O4S. The molecule has 12 heteroatoms. The van der Waals surface area contributed by atoms with Crippen LogP contribution in [0.2, 0.25) is 5.02 Å². The SMILES string of the molecule is CCC(C(=O)NCC(C)C)N(Cc1cccc(C)c1)C(=O)CN(c1ccc(Cl)c(C(F)(F)F)c1)S(=O)(=O)c1ccccc1. The second kappa shape index (κ2) is 14.3. The number of halogens is 4. The summed E-state index contributed by atoms with van der Waals surface area (Å²) in [5.41, 5.74) is -0.0339. The van der Waals surface area contributed by atoms with Gasteiger partial charge in [-0.3, -0.25) is 13.9 Å². The molecule has 3 aromatic rings. The topological polar surface area (TPSA) is 86.8 Å². The summed E-state index contributed by atoms with van der Waals surface area (Å²) in [7, 11) is -4.54. The maximum atomic E-state index is 14.1. The van der Waals surface area contributed by atoms with Gasteiger partial charge >= 0.3 is 6.18 Å². The van der Waals surface area contributed by atoms with E-state index in [1.165, 1.54) is 29.2 Å². The van der Waals surface area contributed by atoms with Crippen LogP contribution < -0.4 is 9.62 Å². The van der Waals surface area contributed by atoms with Gasteiger partial charge in [0, 0.05) is 13.1 Å². The van der Waals surface area contributed by atoms with Crippen LogP contribution in [0.3, 0.4) is 0 Å². The molecule has 0 aromatic heterocycles. The van der Waals surface area contributed by atoms with Crippen molar-refractivity contribution in [1.29, 1.82) is 0 Å². The fourth-order valence-corrected chi connectivity index (χ4v) is 6.14. The lowest BCUT2D eigenvalue weighted by atomic mass is 10.1. The molecule has 0 bridgehead atoms. The first-order valence-electron chi connectivity index (χ1n) is 13.7. The summed E-state index contributed by atoms with van der Waals surface area (Å²) >= 11 is 5.82. The lowest BCUT2D eigenvalue weighted by molar-refractivity contribution is -0.140. The van der Waals surface area contributed by atoms with E-state index in [2.05, 4.69) is 5.32 Å². The average Bonchev–Trinajstić information content (AvgIpc) is 2.94. The van der Waals surface area contributed by atoms with E-state index in [4.69, 9.17) is 11.6 Å². The summed E-state index contributed by atoms with van der Waals surface area (Å²) in [5, 5.41) is 2.22. The molecule has 0 spiro atoms. The summed E-state index contributed by atoms with van der Waals surface area (Å²) < 4.78 is 69.7. The van der Waals surface area contributed by atoms with E-state index in [0.29, 0.717) is 22.5 Å². The zero-order valence-electron chi connectivity index (χ0n) is 24.4. The Kier molecular flexibility index (Phi) is 11.3.